The van der Waals surface area contributed by atoms with E-state index in [1.54, 1.807) is 0 Å². The Kier molecular flexibility index (Phi) is 12.8. The molecule has 0 N–H and O–H groups in total. The molecular weight excluding hydrogens is 304 g/mol. The molecule has 4 unspecified atom stereocenters. The first-order chi connectivity index (χ1) is 7.95. The van der Waals surface area contributed by atoms with E-state index < -0.39 is 0 Å². The summed E-state index contributed by atoms with van der Waals surface area (Å²) in [5.41, 5.74) is 0. The lowest BCUT2D eigenvalue weighted by molar-refractivity contribution is 1.06. The lowest BCUT2D eigenvalue weighted by Crippen LogP contribution is -2.11. The Morgan fingerprint density at radius 2 is 1.18 bits per heavy atom. The maximum Gasteiger partial charge on any atom is 0.0110 e. The average molecular weight is 331 g/mol. The second-order valence-electron chi connectivity index (χ2n) is 4.46. The number of thiol groups is 2. The Morgan fingerprint density at radius 1 is 0.765 bits per heavy atom. The summed E-state index contributed by atoms with van der Waals surface area (Å²) in [5, 5.41) is 2.68. The van der Waals surface area contributed by atoms with Crippen LogP contribution in [0.2, 0.25) is 0 Å². The Labute approximate surface area is 131 Å². The van der Waals surface area contributed by atoms with Gasteiger partial charge in [-0.2, -0.15) is 60.5 Å². The van der Waals surface area contributed by atoms with Crippen LogP contribution >= 0.6 is 60.5 Å². The number of hydrogen-bond donors (Lipinski definition) is 2. The Hall–Kier alpha value is 1.75. The highest BCUT2D eigenvalue weighted by molar-refractivity contribution is 8.05. The normalized spacial score (nSPS) is 18.7. The van der Waals surface area contributed by atoms with Crippen LogP contribution in [0.3, 0.4) is 0 Å². The zero-order chi connectivity index (χ0) is 13.3. The smallest absolute Gasteiger partial charge is 0.0110 e. The quantitative estimate of drug-likeness (QED) is 0.562. The van der Waals surface area contributed by atoms with Crippen LogP contribution in [-0.2, 0) is 0 Å². The highest BCUT2D eigenvalue weighted by Crippen LogP contribution is 2.24. The number of rotatable bonds is 10. The van der Waals surface area contributed by atoms with Crippen molar-refractivity contribution in [1.29, 1.82) is 0 Å². The van der Waals surface area contributed by atoms with Gasteiger partial charge in [0.25, 0.3) is 0 Å². The molecule has 0 aromatic rings. The standard InChI is InChI=1S/C12H26S5/c1-9(14)6-15-11(3)8-17-12(4)7-16-10(2)5-13/h9-14H,5-8H2,1-4H3. The summed E-state index contributed by atoms with van der Waals surface area (Å²) in [5.74, 6) is 4.63. The van der Waals surface area contributed by atoms with Crippen LogP contribution in [-0.4, -0.2) is 44.0 Å². The summed E-state index contributed by atoms with van der Waals surface area (Å²) >= 11 is 14.9. The molecule has 0 saturated carbocycles. The molecule has 0 nitrogen and oxygen atoms in total. The molecule has 4 atom stereocenters. The van der Waals surface area contributed by atoms with E-state index in [-0.39, 0.29) is 0 Å². The SMILES string of the molecule is CC(S)CSC(C)CSC(C)CSC(C)CS. The van der Waals surface area contributed by atoms with Gasteiger partial charge in [0, 0.05) is 44.0 Å². The molecule has 0 amide bonds. The van der Waals surface area contributed by atoms with Gasteiger partial charge in [-0.15, -0.1) is 0 Å². The topological polar surface area (TPSA) is 0 Å². The second kappa shape index (κ2) is 11.6. The molecule has 0 heterocycles. The van der Waals surface area contributed by atoms with Gasteiger partial charge in [0.2, 0.25) is 0 Å². The lowest BCUT2D eigenvalue weighted by atomic mass is 10.5. The summed E-state index contributed by atoms with van der Waals surface area (Å²) in [7, 11) is 0. The molecule has 17 heavy (non-hydrogen) atoms. The van der Waals surface area contributed by atoms with E-state index in [2.05, 4.69) is 64.7 Å². The van der Waals surface area contributed by atoms with Crippen molar-refractivity contribution in [3.63, 3.8) is 0 Å². The third kappa shape index (κ3) is 12.5. The third-order valence-corrected chi connectivity index (χ3v) is 8.04. The fourth-order valence-electron chi connectivity index (χ4n) is 1.05. The number of thioether (sulfide) groups is 3. The van der Waals surface area contributed by atoms with E-state index in [0.29, 0.717) is 10.5 Å². The second-order valence-corrected chi connectivity index (χ2v) is 10.1. The Morgan fingerprint density at radius 3 is 1.59 bits per heavy atom. The molecular formula is C12H26S5. The average Bonchev–Trinajstić information content (AvgIpc) is 2.30. The van der Waals surface area contributed by atoms with Gasteiger partial charge >= 0.3 is 0 Å². The van der Waals surface area contributed by atoms with Gasteiger partial charge in [-0.25, -0.2) is 0 Å². The van der Waals surface area contributed by atoms with Gasteiger partial charge < -0.3 is 0 Å². The third-order valence-electron chi connectivity index (χ3n) is 2.11. The fraction of sp³-hybridized carbons (Fsp3) is 1.00. The van der Waals surface area contributed by atoms with Crippen molar-refractivity contribution in [2.45, 2.75) is 48.7 Å². The highest BCUT2D eigenvalue weighted by Gasteiger charge is 2.10. The minimum atomic E-state index is 0.511. The lowest BCUT2D eigenvalue weighted by Gasteiger charge is -2.17. The van der Waals surface area contributed by atoms with Gasteiger partial charge in [0.15, 0.2) is 0 Å². The van der Waals surface area contributed by atoms with Gasteiger partial charge in [-0.3, -0.25) is 0 Å². The maximum atomic E-state index is 4.41. The van der Waals surface area contributed by atoms with Crippen LogP contribution in [0.5, 0.6) is 0 Å². The van der Waals surface area contributed by atoms with Crippen molar-refractivity contribution in [2.75, 3.05) is 23.0 Å². The largest absolute Gasteiger partial charge is 0.178 e. The van der Waals surface area contributed by atoms with Crippen molar-refractivity contribution in [2.24, 2.45) is 0 Å². The zero-order valence-electron chi connectivity index (χ0n) is 11.3. The molecule has 0 aliphatic rings. The Bertz CT molecular complexity index is 174. The Balaban J connectivity index is 3.51. The number of hydrogen-bond acceptors (Lipinski definition) is 5. The summed E-state index contributed by atoms with van der Waals surface area (Å²) in [6.07, 6.45) is 0. The molecule has 0 aliphatic carbocycles. The zero-order valence-corrected chi connectivity index (χ0v) is 15.5. The van der Waals surface area contributed by atoms with Gasteiger partial charge in [0.05, 0.1) is 0 Å². The van der Waals surface area contributed by atoms with Crippen LogP contribution in [0.4, 0.5) is 0 Å². The predicted octanol–water partition coefficient (Wildman–Crippen LogP) is 4.60. The van der Waals surface area contributed by atoms with E-state index in [4.69, 9.17) is 0 Å². The molecule has 0 radical (unpaired) electrons. The fourth-order valence-corrected chi connectivity index (χ4v) is 4.78. The molecule has 0 bridgehead atoms. The summed E-state index contributed by atoms with van der Waals surface area (Å²) < 4.78 is 0. The molecule has 0 aromatic carbocycles. The molecule has 0 rings (SSSR count). The van der Waals surface area contributed by atoms with Gasteiger partial charge in [-0.05, 0) is 0 Å². The van der Waals surface area contributed by atoms with E-state index in [1.165, 1.54) is 11.5 Å². The monoisotopic (exact) mass is 330 g/mol. The summed E-state index contributed by atoms with van der Waals surface area (Å²) in [6, 6.07) is 0. The molecule has 0 fully saturated rings. The van der Waals surface area contributed by atoms with Crippen LogP contribution in [0.1, 0.15) is 27.7 Å². The highest BCUT2D eigenvalue weighted by atomic mass is 32.2. The predicted molar refractivity (Wildman–Crippen MR) is 98.1 cm³/mol. The minimum Gasteiger partial charge on any atom is -0.178 e. The molecule has 0 aliphatic heterocycles. The first-order valence-electron chi connectivity index (χ1n) is 6.09. The summed E-state index contributed by atoms with van der Waals surface area (Å²) in [4.78, 5) is 0. The molecule has 0 saturated heterocycles. The van der Waals surface area contributed by atoms with Crippen LogP contribution < -0.4 is 0 Å². The molecule has 0 spiro atoms. The first-order valence-corrected chi connectivity index (χ1v) is 10.4. The van der Waals surface area contributed by atoms with E-state index in [1.807, 2.05) is 23.5 Å². The van der Waals surface area contributed by atoms with Gasteiger partial charge in [0.1, 0.15) is 0 Å². The molecule has 104 valence electrons. The van der Waals surface area contributed by atoms with Gasteiger partial charge in [-0.1, -0.05) is 27.7 Å². The van der Waals surface area contributed by atoms with E-state index in [9.17, 15) is 0 Å². The van der Waals surface area contributed by atoms with Crippen molar-refractivity contribution < 1.29 is 0 Å². The van der Waals surface area contributed by atoms with Crippen molar-refractivity contribution in [1.82, 2.24) is 0 Å². The molecule has 5 heteroatoms. The van der Waals surface area contributed by atoms with Crippen LogP contribution in [0.25, 0.3) is 0 Å². The minimum absolute atomic E-state index is 0.511. The summed E-state index contributed by atoms with van der Waals surface area (Å²) in [6.45, 7) is 9.07. The van der Waals surface area contributed by atoms with Crippen LogP contribution in [0.15, 0.2) is 0 Å². The first kappa shape index (κ1) is 18.8. The van der Waals surface area contributed by atoms with Crippen molar-refractivity contribution in [3.05, 3.63) is 0 Å². The maximum absolute atomic E-state index is 4.41. The van der Waals surface area contributed by atoms with Crippen molar-refractivity contribution in [3.8, 4) is 0 Å². The van der Waals surface area contributed by atoms with E-state index >= 15 is 0 Å². The van der Waals surface area contributed by atoms with Crippen molar-refractivity contribution >= 4 is 60.5 Å². The van der Waals surface area contributed by atoms with Crippen LogP contribution in [0, 0.1) is 0 Å². The molecule has 0 aromatic heterocycles. The van der Waals surface area contributed by atoms with E-state index in [0.717, 1.165) is 22.0 Å².